The average molecular weight is 257 g/mol. The molecule has 1 fully saturated rings. The van der Waals surface area contributed by atoms with Crippen LogP contribution >= 0.6 is 0 Å². The van der Waals surface area contributed by atoms with E-state index in [1.165, 1.54) is 19.0 Å². The van der Waals surface area contributed by atoms with E-state index in [1.54, 1.807) is 22.9 Å². The molecule has 1 saturated carbocycles. The Morgan fingerprint density at radius 3 is 2.95 bits per heavy atom. The number of amides is 1. The zero-order valence-electron chi connectivity index (χ0n) is 10.5. The maximum Gasteiger partial charge on any atom is 0.241 e. The Hall–Kier alpha value is -2.17. The van der Waals surface area contributed by atoms with Crippen molar-refractivity contribution in [2.45, 2.75) is 19.4 Å². The molecule has 1 heterocycles. The van der Waals surface area contributed by atoms with E-state index in [-0.39, 0.29) is 17.9 Å². The van der Waals surface area contributed by atoms with Crippen molar-refractivity contribution < 1.29 is 4.79 Å². The molecule has 5 heteroatoms. The molecule has 19 heavy (non-hydrogen) atoms. The Labute approximate surface area is 110 Å². The first-order valence-electron chi connectivity index (χ1n) is 6.45. The van der Waals surface area contributed by atoms with E-state index in [0.717, 1.165) is 6.54 Å². The first-order chi connectivity index (χ1) is 9.24. The van der Waals surface area contributed by atoms with Crippen molar-refractivity contribution in [3.63, 3.8) is 0 Å². The molecular formula is C14H15N3O2. The quantitative estimate of drug-likeness (QED) is 0.886. The first kappa shape index (κ1) is 11.9. The standard InChI is InChI=1S/C14H15N3O2/c18-13-8-16-17(12-4-2-1-3-11(12)13)9-14(19)15-7-10-5-6-10/h1-4,8,10H,5-7,9H2,(H,15,19). The minimum absolute atomic E-state index is 0.0618. The van der Waals surface area contributed by atoms with Crippen molar-refractivity contribution in [2.75, 3.05) is 6.54 Å². The number of hydrogen-bond donors (Lipinski definition) is 1. The van der Waals surface area contributed by atoms with Gasteiger partial charge in [0, 0.05) is 11.9 Å². The Morgan fingerprint density at radius 2 is 2.16 bits per heavy atom. The van der Waals surface area contributed by atoms with E-state index in [2.05, 4.69) is 10.4 Å². The normalized spacial score (nSPS) is 14.5. The maximum atomic E-state index is 11.8. The third-order valence-corrected chi connectivity index (χ3v) is 3.34. The van der Waals surface area contributed by atoms with Crippen molar-refractivity contribution in [2.24, 2.45) is 5.92 Å². The van der Waals surface area contributed by atoms with E-state index in [1.807, 2.05) is 6.07 Å². The van der Waals surface area contributed by atoms with Crippen molar-refractivity contribution in [3.05, 3.63) is 40.7 Å². The molecule has 0 atom stereocenters. The molecule has 1 aromatic heterocycles. The SMILES string of the molecule is O=C(Cn1ncc(=O)c2ccccc21)NCC1CC1. The van der Waals surface area contributed by atoms with E-state index in [0.29, 0.717) is 16.8 Å². The van der Waals surface area contributed by atoms with Crippen LogP contribution in [0.15, 0.2) is 35.3 Å². The molecule has 0 radical (unpaired) electrons. The molecule has 0 aliphatic heterocycles. The molecule has 1 amide bonds. The van der Waals surface area contributed by atoms with Gasteiger partial charge < -0.3 is 5.32 Å². The lowest BCUT2D eigenvalue weighted by Crippen LogP contribution is -2.30. The van der Waals surface area contributed by atoms with Gasteiger partial charge in [-0.1, -0.05) is 12.1 Å². The molecule has 98 valence electrons. The predicted octanol–water partition coefficient (Wildman–Crippen LogP) is 0.923. The number of nitrogens with zero attached hydrogens (tertiary/aromatic N) is 2. The number of para-hydroxylation sites is 1. The van der Waals surface area contributed by atoms with Gasteiger partial charge in [-0.05, 0) is 30.9 Å². The summed E-state index contributed by atoms with van der Waals surface area (Å²) in [5.41, 5.74) is 0.571. The Balaban J connectivity index is 1.82. The molecule has 3 rings (SSSR count). The highest BCUT2D eigenvalue weighted by atomic mass is 16.2. The summed E-state index contributed by atoms with van der Waals surface area (Å²) in [6.07, 6.45) is 3.68. The fraction of sp³-hybridized carbons (Fsp3) is 0.357. The van der Waals surface area contributed by atoms with Crippen LogP contribution in [0, 0.1) is 5.92 Å². The topological polar surface area (TPSA) is 64.0 Å². The van der Waals surface area contributed by atoms with Crippen molar-refractivity contribution >= 4 is 16.8 Å². The van der Waals surface area contributed by atoms with Gasteiger partial charge in [0.05, 0.1) is 11.7 Å². The summed E-state index contributed by atoms with van der Waals surface area (Å²) < 4.78 is 1.57. The van der Waals surface area contributed by atoms with E-state index >= 15 is 0 Å². The van der Waals surface area contributed by atoms with Crippen LogP contribution < -0.4 is 10.7 Å². The monoisotopic (exact) mass is 257 g/mol. The predicted molar refractivity (Wildman–Crippen MR) is 71.7 cm³/mol. The molecule has 0 spiro atoms. The molecule has 2 aromatic rings. The number of rotatable bonds is 4. The smallest absolute Gasteiger partial charge is 0.241 e. The highest BCUT2D eigenvalue weighted by molar-refractivity contribution is 5.81. The number of fused-ring (bicyclic) bond motifs is 1. The number of carbonyl (C=O) groups excluding carboxylic acids is 1. The van der Waals surface area contributed by atoms with Gasteiger partial charge in [-0.2, -0.15) is 5.10 Å². The second-order valence-corrected chi connectivity index (χ2v) is 4.93. The fourth-order valence-corrected chi connectivity index (χ4v) is 2.06. The van der Waals surface area contributed by atoms with Crippen LogP contribution in [-0.2, 0) is 11.3 Å². The van der Waals surface area contributed by atoms with Crippen LogP contribution in [0.2, 0.25) is 0 Å². The zero-order valence-corrected chi connectivity index (χ0v) is 10.5. The van der Waals surface area contributed by atoms with Crippen LogP contribution in [0.5, 0.6) is 0 Å². The van der Waals surface area contributed by atoms with Gasteiger partial charge >= 0.3 is 0 Å². The summed E-state index contributed by atoms with van der Waals surface area (Å²) in [5, 5.41) is 7.52. The third kappa shape index (κ3) is 2.65. The highest BCUT2D eigenvalue weighted by Crippen LogP contribution is 2.27. The number of aromatic nitrogens is 2. The summed E-state index contributed by atoms with van der Waals surface area (Å²) >= 11 is 0. The Bertz CT molecular complexity index is 674. The largest absolute Gasteiger partial charge is 0.354 e. The maximum absolute atomic E-state index is 11.8. The molecule has 1 aromatic carbocycles. The summed E-state index contributed by atoms with van der Waals surface area (Å²) in [6, 6.07) is 7.19. The number of carbonyl (C=O) groups is 1. The molecule has 1 aliphatic carbocycles. The van der Waals surface area contributed by atoms with Gasteiger partial charge in [0.15, 0.2) is 0 Å². The van der Waals surface area contributed by atoms with Crippen molar-refractivity contribution in [3.8, 4) is 0 Å². The zero-order chi connectivity index (χ0) is 13.2. The second kappa shape index (κ2) is 4.84. The van der Waals surface area contributed by atoms with Crippen LogP contribution in [0.25, 0.3) is 10.9 Å². The minimum Gasteiger partial charge on any atom is -0.354 e. The van der Waals surface area contributed by atoms with Crippen LogP contribution in [0.4, 0.5) is 0 Å². The van der Waals surface area contributed by atoms with Crippen LogP contribution in [-0.4, -0.2) is 22.2 Å². The van der Waals surface area contributed by atoms with E-state index in [4.69, 9.17) is 0 Å². The highest BCUT2D eigenvalue weighted by Gasteiger charge is 2.21. The Morgan fingerprint density at radius 1 is 1.37 bits per heavy atom. The molecule has 1 N–H and O–H groups in total. The molecule has 0 saturated heterocycles. The third-order valence-electron chi connectivity index (χ3n) is 3.34. The van der Waals surface area contributed by atoms with Gasteiger partial charge in [0.25, 0.3) is 0 Å². The lowest BCUT2D eigenvalue weighted by Gasteiger charge is -2.09. The molecule has 0 unspecified atom stereocenters. The fourth-order valence-electron chi connectivity index (χ4n) is 2.06. The van der Waals surface area contributed by atoms with E-state index < -0.39 is 0 Å². The molecule has 1 aliphatic rings. The van der Waals surface area contributed by atoms with Gasteiger partial charge in [0.2, 0.25) is 11.3 Å². The van der Waals surface area contributed by atoms with Crippen LogP contribution in [0.1, 0.15) is 12.8 Å². The molecule has 0 bridgehead atoms. The summed E-state index contributed by atoms with van der Waals surface area (Å²) in [4.78, 5) is 23.5. The van der Waals surface area contributed by atoms with E-state index in [9.17, 15) is 9.59 Å². The summed E-state index contributed by atoms with van der Waals surface area (Å²) in [7, 11) is 0. The van der Waals surface area contributed by atoms with Gasteiger partial charge in [0.1, 0.15) is 6.54 Å². The van der Waals surface area contributed by atoms with Crippen LogP contribution in [0.3, 0.4) is 0 Å². The van der Waals surface area contributed by atoms with Gasteiger partial charge in [-0.25, -0.2) is 0 Å². The summed E-state index contributed by atoms with van der Waals surface area (Å²) in [5.74, 6) is 0.593. The number of hydrogen-bond acceptors (Lipinski definition) is 3. The number of benzene rings is 1. The van der Waals surface area contributed by atoms with Crippen molar-refractivity contribution in [1.82, 2.24) is 15.1 Å². The Kier molecular flexibility index (Phi) is 3.03. The minimum atomic E-state index is -0.120. The summed E-state index contributed by atoms with van der Waals surface area (Å²) in [6.45, 7) is 0.893. The lowest BCUT2D eigenvalue weighted by molar-refractivity contribution is -0.121. The number of nitrogens with one attached hydrogen (secondary N) is 1. The van der Waals surface area contributed by atoms with Crippen molar-refractivity contribution in [1.29, 1.82) is 0 Å². The lowest BCUT2D eigenvalue weighted by atomic mass is 10.2. The molecular weight excluding hydrogens is 242 g/mol. The first-order valence-corrected chi connectivity index (χ1v) is 6.45. The van der Waals surface area contributed by atoms with Gasteiger partial charge in [-0.3, -0.25) is 14.3 Å². The molecule has 5 nitrogen and oxygen atoms in total. The van der Waals surface area contributed by atoms with Gasteiger partial charge in [-0.15, -0.1) is 0 Å². The average Bonchev–Trinajstić information content (AvgIpc) is 3.24. The second-order valence-electron chi connectivity index (χ2n) is 4.93.